The summed E-state index contributed by atoms with van der Waals surface area (Å²) >= 11 is 7.38. The summed E-state index contributed by atoms with van der Waals surface area (Å²) in [5.41, 5.74) is 1.26. The smallest absolute Gasteiger partial charge is 0.193 e. The van der Waals surface area contributed by atoms with E-state index in [1.54, 1.807) is 29.5 Å². The highest BCUT2D eigenvalue weighted by molar-refractivity contribution is 7.15. The van der Waals surface area contributed by atoms with Gasteiger partial charge in [-0.25, -0.2) is 4.98 Å². The number of halogens is 1. The van der Waals surface area contributed by atoms with Crippen molar-refractivity contribution in [3.63, 3.8) is 0 Å². The SMILES string of the molecule is O=Cc1cc(Cl)ccc1OCc1cn2ccsc2n1. The molecule has 3 rings (SSSR count). The number of imidazole rings is 1. The standard InChI is InChI=1S/C13H9ClN2O2S/c14-10-1-2-12(9(5-10)7-17)18-8-11-6-16-3-4-19-13(16)15-11/h1-7H,8H2. The number of nitrogens with zero attached hydrogens (tertiary/aromatic N) is 2. The van der Waals surface area contributed by atoms with Crippen LogP contribution in [0.3, 0.4) is 0 Å². The maximum absolute atomic E-state index is 10.9. The third-order valence-corrected chi connectivity index (χ3v) is 3.62. The lowest BCUT2D eigenvalue weighted by Gasteiger charge is -2.06. The van der Waals surface area contributed by atoms with Gasteiger partial charge in [0.05, 0.1) is 11.3 Å². The van der Waals surface area contributed by atoms with Crippen molar-refractivity contribution in [2.45, 2.75) is 6.61 Å². The third-order valence-electron chi connectivity index (χ3n) is 2.62. The second-order valence-corrected chi connectivity index (χ2v) is 5.22. The van der Waals surface area contributed by atoms with E-state index in [2.05, 4.69) is 4.98 Å². The van der Waals surface area contributed by atoms with Gasteiger partial charge in [0.1, 0.15) is 12.4 Å². The molecular formula is C13H9ClN2O2S. The molecule has 0 atom stereocenters. The molecule has 6 heteroatoms. The number of hydrogen-bond acceptors (Lipinski definition) is 4. The molecule has 0 aliphatic heterocycles. The Balaban J connectivity index is 1.78. The number of hydrogen-bond donors (Lipinski definition) is 0. The van der Waals surface area contributed by atoms with Crippen LogP contribution < -0.4 is 4.74 Å². The fraction of sp³-hybridized carbons (Fsp3) is 0.0769. The zero-order valence-electron chi connectivity index (χ0n) is 9.75. The monoisotopic (exact) mass is 292 g/mol. The Kier molecular flexibility index (Phi) is 3.23. The number of aldehydes is 1. The largest absolute Gasteiger partial charge is 0.486 e. The molecule has 2 aromatic heterocycles. The maximum Gasteiger partial charge on any atom is 0.193 e. The molecule has 96 valence electrons. The van der Waals surface area contributed by atoms with Gasteiger partial charge >= 0.3 is 0 Å². The van der Waals surface area contributed by atoms with Crippen molar-refractivity contribution in [2.75, 3.05) is 0 Å². The third kappa shape index (κ3) is 2.47. The summed E-state index contributed by atoms with van der Waals surface area (Å²) in [6.45, 7) is 0.316. The minimum absolute atomic E-state index is 0.316. The number of rotatable bonds is 4. The van der Waals surface area contributed by atoms with Crippen LogP contribution >= 0.6 is 22.9 Å². The van der Waals surface area contributed by atoms with E-state index in [-0.39, 0.29) is 0 Å². The van der Waals surface area contributed by atoms with Crippen LogP contribution in [0.5, 0.6) is 5.75 Å². The van der Waals surface area contributed by atoms with Crippen LogP contribution in [0.25, 0.3) is 4.96 Å². The van der Waals surface area contributed by atoms with Crippen molar-refractivity contribution in [1.82, 2.24) is 9.38 Å². The van der Waals surface area contributed by atoms with Crippen LogP contribution in [0.15, 0.2) is 36.0 Å². The van der Waals surface area contributed by atoms with E-state index in [1.807, 2.05) is 22.2 Å². The van der Waals surface area contributed by atoms with Gasteiger partial charge in [-0.2, -0.15) is 0 Å². The summed E-state index contributed by atoms with van der Waals surface area (Å²) in [5, 5.41) is 2.48. The molecular weight excluding hydrogens is 284 g/mol. The van der Waals surface area contributed by atoms with Gasteiger partial charge in [-0.3, -0.25) is 9.20 Å². The Morgan fingerprint density at radius 1 is 1.47 bits per heavy atom. The fourth-order valence-electron chi connectivity index (χ4n) is 1.74. The van der Waals surface area contributed by atoms with Gasteiger partial charge < -0.3 is 4.74 Å². The Hall–Kier alpha value is -1.85. The number of carbonyl (C=O) groups excluding carboxylic acids is 1. The quantitative estimate of drug-likeness (QED) is 0.692. The van der Waals surface area contributed by atoms with Crippen LogP contribution in [0.1, 0.15) is 16.1 Å². The first-order chi connectivity index (χ1) is 9.26. The van der Waals surface area contributed by atoms with Gasteiger partial charge in [-0.15, -0.1) is 11.3 Å². The first-order valence-electron chi connectivity index (χ1n) is 5.55. The van der Waals surface area contributed by atoms with Crippen LogP contribution in [-0.2, 0) is 6.61 Å². The number of fused-ring (bicyclic) bond motifs is 1. The number of carbonyl (C=O) groups is 1. The molecule has 0 spiro atoms. The first-order valence-corrected chi connectivity index (χ1v) is 6.80. The molecule has 0 aliphatic rings. The Bertz CT molecular complexity index is 707. The van der Waals surface area contributed by atoms with Crippen molar-refractivity contribution < 1.29 is 9.53 Å². The predicted octanol–water partition coefficient (Wildman–Crippen LogP) is 3.44. The lowest BCUT2D eigenvalue weighted by molar-refractivity contribution is 0.111. The molecule has 0 radical (unpaired) electrons. The van der Waals surface area contributed by atoms with Crippen molar-refractivity contribution in [2.24, 2.45) is 0 Å². The van der Waals surface area contributed by atoms with E-state index in [4.69, 9.17) is 16.3 Å². The van der Waals surface area contributed by atoms with Crippen LogP contribution in [0.2, 0.25) is 5.02 Å². The summed E-state index contributed by atoms with van der Waals surface area (Å²) in [6.07, 6.45) is 4.57. The first kappa shape index (κ1) is 12.2. The fourth-order valence-corrected chi connectivity index (χ4v) is 2.64. The Labute approximate surface area is 118 Å². The highest BCUT2D eigenvalue weighted by atomic mass is 35.5. The van der Waals surface area contributed by atoms with E-state index >= 15 is 0 Å². The topological polar surface area (TPSA) is 43.6 Å². The molecule has 0 bridgehead atoms. The van der Waals surface area contributed by atoms with Gasteiger partial charge in [0.15, 0.2) is 11.2 Å². The number of thiazole rings is 1. The molecule has 1 aromatic carbocycles. The number of benzene rings is 1. The molecule has 19 heavy (non-hydrogen) atoms. The van der Waals surface area contributed by atoms with Crippen molar-refractivity contribution in [3.05, 3.63) is 52.3 Å². The second kappa shape index (κ2) is 5.03. The lowest BCUT2D eigenvalue weighted by Crippen LogP contribution is -1.98. The zero-order chi connectivity index (χ0) is 13.2. The lowest BCUT2D eigenvalue weighted by atomic mass is 10.2. The Morgan fingerprint density at radius 2 is 2.37 bits per heavy atom. The van der Waals surface area contributed by atoms with Crippen LogP contribution in [0.4, 0.5) is 0 Å². The molecule has 2 heterocycles. The summed E-state index contributed by atoms with van der Waals surface area (Å²) in [7, 11) is 0. The average molecular weight is 293 g/mol. The molecule has 0 saturated heterocycles. The molecule has 0 fully saturated rings. The van der Waals surface area contributed by atoms with Gasteiger partial charge in [-0.05, 0) is 18.2 Å². The number of ether oxygens (including phenoxy) is 1. The highest BCUT2D eigenvalue weighted by Crippen LogP contribution is 2.22. The molecule has 0 aliphatic carbocycles. The number of aromatic nitrogens is 2. The van der Waals surface area contributed by atoms with E-state index in [0.717, 1.165) is 16.9 Å². The minimum atomic E-state index is 0.316. The summed E-state index contributed by atoms with van der Waals surface area (Å²) in [5.74, 6) is 0.510. The van der Waals surface area contributed by atoms with E-state index in [1.165, 1.54) is 0 Å². The molecule has 4 nitrogen and oxygen atoms in total. The van der Waals surface area contributed by atoms with Gasteiger partial charge in [0.2, 0.25) is 0 Å². The summed E-state index contributed by atoms with van der Waals surface area (Å²) < 4.78 is 7.54. The molecule has 0 amide bonds. The Morgan fingerprint density at radius 3 is 3.16 bits per heavy atom. The van der Waals surface area contributed by atoms with E-state index in [9.17, 15) is 4.79 Å². The van der Waals surface area contributed by atoms with Crippen LogP contribution in [0, 0.1) is 0 Å². The molecule has 0 saturated carbocycles. The maximum atomic E-state index is 10.9. The van der Waals surface area contributed by atoms with Crippen molar-refractivity contribution in [3.8, 4) is 5.75 Å². The van der Waals surface area contributed by atoms with Gasteiger partial charge in [-0.1, -0.05) is 11.6 Å². The summed E-state index contributed by atoms with van der Waals surface area (Å²) in [6, 6.07) is 4.95. The van der Waals surface area contributed by atoms with Crippen molar-refractivity contribution >= 4 is 34.2 Å². The van der Waals surface area contributed by atoms with Gasteiger partial charge in [0, 0.05) is 22.8 Å². The predicted molar refractivity (Wildman–Crippen MR) is 74.2 cm³/mol. The molecule has 0 N–H and O–H groups in total. The van der Waals surface area contributed by atoms with E-state index < -0.39 is 0 Å². The van der Waals surface area contributed by atoms with E-state index in [0.29, 0.717) is 22.9 Å². The van der Waals surface area contributed by atoms with Crippen LogP contribution in [-0.4, -0.2) is 15.7 Å². The normalized spacial score (nSPS) is 10.8. The summed E-state index contributed by atoms with van der Waals surface area (Å²) in [4.78, 5) is 16.3. The average Bonchev–Trinajstić information content (AvgIpc) is 2.97. The zero-order valence-corrected chi connectivity index (χ0v) is 11.3. The molecule has 0 unspecified atom stereocenters. The van der Waals surface area contributed by atoms with Gasteiger partial charge in [0.25, 0.3) is 0 Å². The highest BCUT2D eigenvalue weighted by Gasteiger charge is 2.07. The molecule has 3 aromatic rings. The van der Waals surface area contributed by atoms with Crippen molar-refractivity contribution in [1.29, 1.82) is 0 Å². The second-order valence-electron chi connectivity index (χ2n) is 3.91. The minimum Gasteiger partial charge on any atom is -0.486 e.